The third-order valence-corrected chi connectivity index (χ3v) is 4.43. The molecule has 0 spiro atoms. The molecule has 1 saturated heterocycles. The van der Waals surface area contributed by atoms with Crippen molar-refractivity contribution < 1.29 is 22.9 Å². The Morgan fingerprint density at radius 2 is 1.92 bits per heavy atom. The maximum atomic E-state index is 12.8. The number of nitrogens with one attached hydrogen (secondary N) is 1. The Kier molecular flexibility index (Phi) is 6.06. The van der Waals surface area contributed by atoms with Crippen LogP contribution < -0.4 is 10.2 Å². The second-order valence-corrected chi connectivity index (χ2v) is 6.05. The minimum absolute atomic E-state index is 0.0959. The lowest BCUT2D eigenvalue weighted by Crippen LogP contribution is -2.54. The zero-order valence-electron chi connectivity index (χ0n) is 14.5. The molecule has 0 radical (unpaired) electrons. The van der Waals surface area contributed by atoms with Crippen molar-refractivity contribution in [3.8, 4) is 0 Å². The number of hydrogen-bond acceptors (Lipinski definition) is 5. The summed E-state index contributed by atoms with van der Waals surface area (Å²) in [6, 6.07) is 2.23. The highest BCUT2D eigenvalue weighted by atomic mass is 19.4. The number of halogens is 3. The molecule has 0 aliphatic carbocycles. The van der Waals surface area contributed by atoms with Gasteiger partial charge < -0.3 is 10.2 Å². The molecule has 1 aliphatic rings. The van der Waals surface area contributed by atoms with Gasteiger partial charge in [-0.05, 0) is 26.0 Å². The maximum Gasteiger partial charge on any atom is 0.416 e. The number of amides is 1. The topological polar surface area (TPSA) is 78.7 Å². The summed E-state index contributed by atoms with van der Waals surface area (Å²) in [6.45, 7) is 5.87. The van der Waals surface area contributed by atoms with Crippen molar-refractivity contribution in [1.82, 2.24) is 10.2 Å². The van der Waals surface area contributed by atoms with E-state index in [0.717, 1.165) is 12.1 Å². The predicted octanol–water partition coefficient (Wildman–Crippen LogP) is 2.26. The molecule has 1 aromatic rings. The number of alkyl halides is 3. The average Bonchev–Trinajstić information content (AvgIpc) is 2.60. The van der Waals surface area contributed by atoms with Crippen molar-refractivity contribution in [1.29, 1.82) is 0 Å². The molecule has 1 heterocycles. The molecule has 1 N–H and O–H groups in total. The summed E-state index contributed by atoms with van der Waals surface area (Å²) in [6.07, 6.45) is -4.63. The minimum Gasteiger partial charge on any atom is -0.363 e. The van der Waals surface area contributed by atoms with Gasteiger partial charge in [-0.25, -0.2) is 0 Å². The molecule has 0 unspecified atom stereocenters. The predicted molar refractivity (Wildman–Crippen MR) is 90.0 cm³/mol. The summed E-state index contributed by atoms with van der Waals surface area (Å²) >= 11 is 0. The first-order chi connectivity index (χ1) is 12.1. The average molecular weight is 374 g/mol. The zero-order valence-corrected chi connectivity index (χ0v) is 14.5. The highest BCUT2D eigenvalue weighted by Gasteiger charge is 2.34. The largest absolute Gasteiger partial charge is 0.416 e. The Bertz CT molecular complexity index is 673. The Hall–Kier alpha value is -2.36. The zero-order chi connectivity index (χ0) is 19.5. The van der Waals surface area contributed by atoms with Crippen molar-refractivity contribution in [2.24, 2.45) is 0 Å². The Morgan fingerprint density at radius 1 is 1.31 bits per heavy atom. The highest BCUT2D eigenvalue weighted by molar-refractivity contribution is 5.81. The van der Waals surface area contributed by atoms with E-state index in [0.29, 0.717) is 38.8 Å². The van der Waals surface area contributed by atoms with E-state index in [-0.39, 0.29) is 17.6 Å². The summed E-state index contributed by atoms with van der Waals surface area (Å²) < 4.78 is 38.4. The van der Waals surface area contributed by atoms with Gasteiger partial charge in [-0.2, -0.15) is 13.2 Å². The van der Waals surface area contributed by atoms with Crippen LogP contribution in [0.15, 0.2) is 18.2 Å². The fourth-order valence-electron chi connectivity index (χ4n) is 2.95. The van der Waals surface area contributed by atoms with Gasteiger partial charge in [0, 0.05) is 38.8 Å². The van der Waals surface area contributed by atoms with Crippen LogP contribution in [0.4, 0.5) is 24.5 Å². The van der Waals surface area contributed by atoms with Crippen LogP contribution in [0.5, 0.6) is 0 Å². The number of nitro benzene ring substituents is 1. The standard InChI is InChI=1S/C16H21F3N4O3/c1-3-20-15(24)11(2)21-6-8-22(9-7-21)13-5-4-12(16(17,18)19)10-14(13)23(25)26/h4-5,10-11H,3,6-9H2,1-2H3,(H,20,24)/t11-/m0/s1. The van der Waals surface area contributed by atoms with E-state index in [4.69, 9.17) is 0 Å². The Labute approximate surface area is 148 Å². The van der Waals surface area contributed by atoms with Crippen LogP contribution in [0.2, 0.25) is 0 Å². The molecule has 0 saturated carbocycles. The van der Waals surface area contributed by atoms with Gasteiger partial charge in [0.1, 0.15) is 5.69 Å². The van der Waals surface area contributed by atoms with Crippen LogP contribution in [0.1, 0.15) is 19.4 Å². The van der Waals surface area contributed by atoms with Gasteiger partial charge in [-0.3, -0.25) is 19.8 Å². The van der Waals surface area contributed by atoms with Gasteiger partial charge in [0.15, 0.2) is 0 Å². The second kappa shape index (κ2) is 7.90. The molecule has 26 heavy (non-hydrogen) atoms. The van der Waals surface area contributed by atoms with Gasteiger partial charge in [0.2, 0.25) is 5.91 Å². The first-order valence-electron chi connectivity index (χ1n) is 8.27. The number of carbonyl (C=O) groups excluding carboxylic acids is 1. The number of benzene rings is 1. The molecule has 1 atom stereocenters. The number of piperazine rings is 1. The van der Waals surface area contributed by atoms with Gasteiger partial charge >= 0.3 is 6.18 Å². The SMILES string of the molecule is CCNC(=O)[C@H](C)N1CCN(c2ccc(C(F)(F)F)cc2[N+](=O)[O-])CC1. The lowest BCUT2D eigenvalue weighted by molar-refractivity contribution is -0.384. The fourth-order valence-corrected chi connectivity index (χ4v) is 2.95. The van der Waals surface area contributed by atoms with E-state index < -0.39 is 22.4 Å². The molecule has 7 nitrogen and oxygen atoms in total. The van der Waals surface area contributed by atoms with Crippen molar-refractivity contribution in [3.05, 3.63) is 33.9 Å². The van der Waals surface area contributed by atoms with Crippen molar-refractivity contribution in [2.75, 3.05) is 37.6 Å². The van der Waals surface area contributed by atoms with Crippen LogP contribution in [0.3, 0.4) is 0 Å². The highest BCUT2D eigenvalue weighted by Crippen LogP contribution is 2.36. The van der Waals surface area contributed by atoms with E-state index in [2.05, 4.69) is 5.32 Å². The maximum absolute atomic E-state index is 12.8. The third-order valence-electron chi connectivity index (χ3n) is 4.43. The molecule has 0 bridgehead atoms. The Balaban J connectivity index is 2.14. The first-order valence-corrected chi connectivity index (χ1v) is 8.27. The van der Waals surface area contributed by atoms with E-state index in [1.165, 1.54) is 0 Å². The van der Waals surface area contributed by atoms with Crippen LogP contribution in [-0.2, 0) is 11.0 Å². The molecular formula is C16H21F3N4O3. The number of likely N-dealkylation sites (N-methyl/N-ethyl adjacent to an activating group) is 1. The summed E-state index contributed by atoms with van der Waals surface area (Å²) in [5, 5.41) is 14.0. The first kappa shape index (κ1) is 20.0. The molecule has 2 rings (SSSR count). The number of hydrogen-bond donors (Lipinski definition) is 1. The van der Waals surface area contributed by atoms with Crippen LogP contribution in [-0.4, -0.2) is 54.5 Å². The summed E-state index contributed by atoms with van der Waals surface area (Å²) in [5.41, 5.74) is -1.45. The number of anilines is 1. The number of rotatable bonds is 5. The van der Waals surface area contributed by atoms with Gasteiger partial charge in [0.05, 0.1) is 16.5 Å². The normalized spacial score (nSPS) is 17.0. The quantitative estimate of drug-likeness (QED) is 0.632. The molecular weight excluding hydrogens is 353 g/mol. The van der Waals surface area contributed by atoms with E-state index >= 15 is 0 Å². The minimum atomic E-state index is -4.63. The van der Waals surface area contributed by atoms with Crippen molar-refractivity contribution in [3.63, 3.8) is 0 Å². The van der Waals surface area contributed by atoms with Crippen molar-refractivity contribution in [2.45, 2.75) is 26.1 Å². The summed E-state index contributed by atoms with van der Waals surface area (Å²) in [4.78, 5) is 26.0. The smallest absolute Gasteiger partial charge is 0.363 e. The number of carbonyl (C=O) groups is 1. The molecule has 0 aromatic heterocycles. The third kappa shape index (κ3) is 4.43. The van der Waals surface area contributed by atoms with Crippen molar-refractivity contribution >= 4 is 17.3 Å². The Morgan fingerprint density at radius 3 is 2.42 bits per heavy atom. The number of nitrogens with zero attached hydrogens (tertiary/aromatic N) is 3. The molecule has 144 valence electrons. The van der Waals surface area contributed by atoms with E-state index in [1.807, 2.05) is 11.8 Å². The van der Waals surface area contributed by atoms with Crippen LogP contribution in [0, 0.1) is 10.1 Å². The summed E-state index contributed by atoms with van der Waals surface area (Å²) in [7, 11) is 0. The fraction of sp³-hybridized carbons (Fsp3) is 0.562. The lowest BCUT2D eigenvalue weighted by Gasteiger charge is -2.38. The molecule has 1 amide bonds. The molecule has 1 fully saturated rings. The van der Waals surface area contributed by atoms with Gasteiger partial charge in [-0.15, -0.1) is 0 Å². The van der Waals surface area contributed by atoms with E-state index in [9.17, 15) is 28.1 Å². The van der Waals surface area contributed by atoms with Gasteiger partial charge in [0.25, 0.3) is 5.69 Å². The van der Waals surface area contributed by atoms with E-state index in [1.54, 1.807) is 11.8 Å². The van der Waals surface area contributed by atoms with Crippen LogP contribution >= 0.6 is 0 Å². The van der Waals surface area contributed by atoms with Crippen LogP contribution in [0.25, 0.3) is 0 Å². The summed E-state index contributed by atoms with van der Waals surface area (Å²) in [5.74, 6) is -0.0959. The van der Waals surface area contributed by atoms with Gasteiger partial charge in [-0.1, -0.05) is 0 Å². The lowest BCUT2D eigenvalue weighted by atomic mass is 10.1. The second-order valence-electron chi connectivity index (χ2n) is 6.05. The monoisotopic (exact) mass is 374 g/mol. The number of nitro groups is 1. The molecule has 10 heteroatoms. The molecule has 1 aliphatic heterocycles. The molecule has 1 aromatic carbocycles.